The Morgan fingerprint density at radius 1 is 1.38 bits per heavy atom. The SMILES string of the molecule is CCOc1c(Nc2c[c]ccc2)c(=O)c1=O. The molecule has 0 aliphatic carbocycles. The molecule has 2 rings (SSSR count). The molecular formula is C12H10NO3. The van der Waals surface area contributed by atoms with Gasteiger partial charge in [0.05, 0.1) is 6.61 Å². The fourth-order valence-electron chi connectivity index (χ4n) is 1.38. The molecule has 2 aromatic carbocycles. The Hall–Kier alpha value is -2.10. The van der Waals surface area contributed by atoms with Crippen LogP contribution in [0, 0.1) is 6.07 Å². The molecule has 0 bridgehead atoms. The van der Waals surface area contributed by atoms with Gasteiger partial charge >= 0.3 is 0 Å². The molecule has 0 spiro atoms. The van der Waals surface area contributed by atoms with Crippen LogP contribution in [-0.2, 0) is 0 Å². The Bertz CT molecular complexity index is 553. The van der Waals surface area contributed by atoms with E-state index in [2.05, 4.69) is 11.4 Å². The molecule has 0 saturated heterocycles. The molecule has 0 amide bonds. The monoisotopic (exact) mass is 216 g/mol. The van der Waals surface area contributed by atoms with Crippen LogP contribution >= 0.6 is 0 Å². The second-order valence-electron chi connectivity index (χ2n) is 3.21. The van der Waals surface area contributed by atoms with E-state index in [-0.39, 0.29) is 11.4 Å². The lowest BCUT2D eigenvalue weighted by atomic mass is 10.2. The van der Waals surface area contributed by atoms with Crippen molar-refractivity contribution in [1.29, 1.82) is 0 Å². The van der Waals surface area contributed by atoms with Gasteiger partial charge in [0.25, 0.3) is 10.9 Å². The summed E-state index contributed by atoms with van der Waals surface area (Å²) in [5.41, 5.74) is -0.168. The standard InChI is InChI=1S/C12H10NO3/c1-2-16-12-9(10(14)11(12)15)13-8-6-4-3-5-7-8/h3-4,6-7,13H,2H2,1H3. The summed E-state index contributed by atoms with van der Waals surface area (Å²) in [7, 11) is 0. The molecule has 1 radical (unpaired) electrons. The van der Waals surface area contributed by atoms with Gasteiger partial charge in [-0.05, 0) is 25.1 Å². The number of anilines is 2. The Labute approximate surface area is 92.2 Å². The number of hydrogen-bond acceptors (Lipinski definition) is 4. The van der Waals surface area contributed by atoms with E-state index in [4.69, 9.17) is 4.74 Å². The predicted molar refractivity (Wildman–Crippen MR) is 61.1 cm³/mol. The highest BCUT2D eigenvalue weighted by Gasteiger charge is 2.22. The predicted octanol–water partition coefficient (Wildman–Crippen LogP) is 1.23. The summed E-state index contributed by atoms with van der Waals surface area (Å²) >= 11 is 0. The molecule has 0 aliphatic rings. The summed E-state index contributed by atoms with van der Waals surface area (Å²) in [5.74, 6) is 0.122. The average molecular weight is 216 g/mol. The topological polar surface area (TPSA) is 55.4 Å². The lowest BCUT2D eigenvalue weighted by Gasteiger charge is -2.12. The third-order valence-electron chi connectivity index (χ3n) is 2.13. The van der Waals surface area contributed by atoms with Crippen LogP contribution in [0.1, 0.15) is 6.92 Å². The molecule has 0 saturated carbocycles. The largest absolute Gasteiger partial charge is 0.488 e. The van der Waals surface area contributed by atoms with Crippen LogP contribution < -0.4 is 20.9 Å². The molecule has 16 heavy (non-hydrogen) atoms. The third-order valence-corrected chi connectivity index (χ3v) is 2.13. The Morgan fingerprint density at radius 2 is 2.19 bits per heavy atom. The molecule has 0 aliphatic heterocycles. The summed E-state index contributed by atoms with van der Waals surface area (Å²) in [5, 5.41) is 2.85. The normalized spacial score (nSPS) is 10.3. The second-order valence-corrected chi connectivity index (χ2v) is 3.21. The van der Waals surface area contributed by atoms with Crippen molar-refractivity contribution in [2.75, 3.05) is 11.9 Å². The van der Waals surface area contributed by atoms with Crippen molar-refractivity contribution in [2.24, 2.45) is 0 Å². The first-order valence-electron chi connectivity index (χ1n) is 4.93. The smallest absolute Gasteiger partial charge is 0.272 e. The van der Waals surface area contributed by atoms with Crippen molar-refractivity contribution in [3.63, 3.8) is 0 Å². The van der Waals surface area contributed by atoms with Crippen molar-refractivity contribution >= 4 is 11.4 Å². The van der Waals surface area contributed by atoms with Crippen LogP contribution in [0.4, 0.5) is 11.4 Å². The van der Waals surface area contributed by atoms with E-state index in [0.29, 0.717) is 12.3 Å². The first-order chi connectivity index (χ1) is 7.74. The highest BCUT2D eigenvalue weighted by Crippen LogP contribution is 2.21. The molecule has 0 aromatic heterocycles. The highest BCUT2D eigenvalue weighted by molar-refractivity contribution is 5.69. The van der Waals surface area contributed by atoms with E-state index >= 15 is 0 Å². The van der Waals surface area contributed by atoms with Crippen molar-refractivity contribution in [3.05, 3.63) is 50.8 Å². The number of hydrogen-bond donors (Lipinski definition) is 1. The van der Waals surface area contributed by atoms with Gasteiger partial charge in [-0.1, -0.05) is 12.1 Å². The Balaban J connectivity index is 2.26. The van der Waals surface area contributed by atoms with Crippen LogP contribution in [0.3, 0.4) is 0 Å². The molecule has 0 heterocycles. The summed E-state index contributed by atoms with van der Waals surface area (Å²) in [4.78, 5) is 22.5. The molecule has 0 unspecified atom stereocenters. The zero-order valence-corrected chi connectivity index (χ0v) is 8.74. The van der Waals surface area contributed by atoms with Crippen LogP contribution in [-0.4, -0.2) is 6.61 Å². The first-order valence-corrected chi connectivity index (χ1v) is 4.93. The van der Waals surface area contributed by atoms with Crippen molar-refractivity contribution in [1.82, 2.24) is 0 Å². The summed E-state index contributed by atoms with van der Waals surface area (Å²) in [6.45, 7) is 2.12. The molecule has 4 heteroatoms. The van der Waals surface area contributed by atoms with E-state index in [1.165, 1.54) is 0 Å². The maximum Gasteiger partial charge on any atom is 0.272 e. The fourth-order valence-corrected chi connectivity index (χ4v) is 1.38. The molecule has 0 atom stereocenters. The minimum atomic E-state index is -0.565. The maximum atomic E-state index is 11.3. The van der Waals surface area contributed by atoms with Crippen molar-refractivity contribution in [3.8, 4) is 5.75 Å². The van der Waals surface area contributed by atoms with Crippen molar-refractivity contribution in [2.45, 2.75) is 6.92 Å². The van der Waals surface area contributed by atoms with Gasteiger partial charge in [0.1, 0.15) is 5.69 Å². The molecular weight excluding hydrogens is 206 g/mol. The molecule has 0 fully saturated rings. The quantitative estimate of drug-likeness (QED) is 0.781. The summed E-state index contributed by atoms with van der Waals surface area (Å²) in [6, 6.07) is 9.87. The fraction of sp³-hybridized carbons (Fsp3) is 0.167. The molecule has 4 nitrogen and oxygen atoms in total. The van der Waals surface area contributed by atoms with Gasteiger partial charge in [0, 0.05) is 5.69 Å². The van der Waals surface area contributed by atoms with Crippen LogP contribution in [0.2, 0.25) is 0 Å². The summed E-state index contributed by atoms with van der Waals surface area (Å²) < 4.78 is 5.08. The molecule has 1 N–H and O–H groups in total. The number of benzene rings is 1. The Morgan fingerprint density at radius 3 is 2.81 bits per heavy atom. The number of nitrogens with one attached hydrogen (secondary N) is 1. The van der Waals surface area contributed by atoms with Gasteiger partial charge < -0.3 is 10.1 Å². The number of ether oxygens (including phenoxy) is 1. The second kappa shape index (κ2) is 4.18. The van der Waals surface area contributed by atoms with Crippen LogP contribution in [0.5, 0.6) is 5.75 Å². The minimum Gasteiger partial charge on any atom is -0.488 e. The zero-order chi connectivity index (χ0) is 11.5. The lowest BCUT2D eigenvalue weighted by molar-refractivity contribution is 0.335. The van der Waals surface area contributed by atoms with E-state index < -0.39 is 10.9 Å². The summed E-state index contributed by atoms with van der Waals surface area (Å²) in [6.07, 6.45) is 0. The van der Waals surface area contributed by atoms with Crippen molar-refractivity contribution < 1.29 is 4.74 Å². The highest BCUT2D eigenvalue weighted by atomic mass is 16.5. The van der Waals surface area contributed by atoms with Crippen LogP contribution in [0.25, 0.3) is 0 Å². The van der Waals surface area contributed by atoms with Gasteiger partial charge in [-0.2, -0.15) is 0 Å². The van der Waals surface area contributed by atoms with Gasteiger partial charge in [0.15, 0.2) is 5.75 Å². The van der Waals surface area contributed by atoms with Gasteiger partial charge in [-0.3, -0.25) is 9.59 Å². The van der Waals surface area contributed by atoms with Crippen LogP contribution in [0.15, 0.2) is 33.9 Å². The molecule has 81 valence electrons. The van der Waals surface area contributed by atoms with E-state index in [1.54, 1.807) is 31.2 Å². The van der Waals surface area contributed by atoms with E-state index in [1.807, 2.05) is 0 Å². The zero-order valence-electron chi connectivity index (χ0n) is 8.74. The van der Waals surface area contributed by atoms with Gasteiger partial charge in [-0.25, -0.2) is 0 Å². The first kappa shape index (κ1) is 10.4. The van der Waals surface area contributed by atoms with Gasteiger partial charge in [0.2, 0.25) is 0 Å². The van der Waals surface area contributed by atoms with E-state index in [0.717, 1.165) is 0 Å². The van der Waals surface area contributed by atoms with E-state index in [9.17, 15) is 9.59 Å². The van der Waals surface area contributed by atoms with Gasteiger partial charge in [-0.15, -0.1) is 0 Å². The molecule has 2 aromatic rings. The Kier molecular flexibility index (Phi) is 2.72. The lowest BCUT2D eigenvalue weighted by Crippen LogP contribution is -2.35. The minimum absolute atomic E-state index is 0.122. The number of rotatable bonds is 4. The maximum absolute atomic E-state index is 11.3. The average Bonchev–Trinajstić information content (AvgIpc) is 2.34. The third kappa shape index (κ3) is 1.69.